The van der Waals surface area contributed by atoms with E-state index in [0.29, 0.717) is 6.07 Å². The zero-order chi connectivity index (χ0) is 26.9. The van der Waals surface area contributed by atoms with Crippen LogP contribution in [0.25, 0.3) is 0 Å². The van der Waals surface area contributed by atoms with E-state index in [2.05, 4.69) is 43.4 Å². The third-order valence-corrected chi connectivity index (χ3v) is 11.2. The second kappa shape index (κ2) is 9.86. The monoisotopic (exact) mass is 527 g/mol. The molecule has 194 valence electrons. The molecule has 0 spiro atoms. The molecule has 0 aliphatic heterocycles. The summed E-state index contributed by atoms with van der Waals surface area (Å²) in [4.78, 5) is 24.4. The van der Waals surface area contributed by atoms with Crippen molar-refractivity contribution in [3.63, 3.8) is 0 Å². The van der Waals surface area contributed by atoms with Crippen LogP contribution in [0.4, 0.5) is 13.2 Å². The van der Waals surface area contributed by atoms with Crippen LogP contribution in [0.3, 0.4) is 0 Å². The highest BCUT2D eigenvalue weighted by atomic mass is 32.2. The third kappa shape index (κ3) is 7.44. The van der Waals surface area contributed by atoms with Gasteiger partial charge in [-0.15, -0.1) is 0 Å². The maximum Gasteiger partial charge on any atom is 0.534 e. The summed E-state index contributed by atoms with van der Waals surface area (Å²) in [5.74, 6) is -3.53. The molecule has 0 heterocycles. The molecule has 0 radical (unpaired) electrons. The summed E-state index contributed by atoms with van der Waals surface area (Å²) in [7, 11) is -8.23. The zero-order valence-corrected chi connectivity index (χ0v) is 22.3. The van der Waals surface area contributed by atoms with Gasteiger partial charge in [0.15, 0.2) is 14.1 Å². The van der Waals surface area contributed by atoms with E-state index in [0.717, 1.165) is 12.1 Å². The van der Waals surface area contributed by atoms with Crippen molar-refractivity contribution in [1.82, 2.24) is 5.32 Å². The molecule has 0 unspecified atom stereocenters. The summed E-state index contributed by atoms with van der Waals surface area (Å²) in [5, 5.41) is 12.0. The Morgan fingerprint density at radius 1 is 1.09 bits per heavy atom. The number of amides is 1. The molecule has 0 fully saturated rings. The van der Waals surface area contributed by atoms with E-state index in [1.807, 2.05) is 20.8 Å². The number of carbonyl (C=O) groups is 2. The third-order valence-electron chi connectivity index (χ3n) is 5.72. The second-order valence-electron chi connectivity index (χ2n) is 10.5. The van der Waals surface area contributed by atoms with E-state index in [1.54, 1.807) is 0 Å². The van der Waals surface area contributed by atoms with Crippen molar-refractivity contribution in [2.75, 3.05) is 6.61 Å². The summed E-state index contributed by atoms with van der Waals surface area (Å²) < 4.78 is 70.5. The predicted octanol–water partition coefficient (Wildman–Crippen LogP) is 4.78. The molecule has 0 aliphatic rings. The molecule has 34 heavy (non-hydrogen) atoms. The number of rotatable bonds is 8. The number of aromatic carboxylic acids is 1. The first-order valence-corrected chi connectivity index (χ1v) is 14.6. The van der Waals surface area contributed by atoms with Gasteiger partial charge in [0, 0.05) is 5.56 Å². The van der Waals surface area contributed by atoms with Crippen LogP contribution in [-0.4, -0.2) is 51.9 Å². The van der Waals surface area contributed by atoms with Crippen molar-refractivity contribution in [3.05, 3.63) is 29.3 Å². The standard InChI is InChI=1S/C21H32F3NO7SSi/c1-19(2,3)16(12-31-34(7,8)20(4,5)6)25-17(26)13-9-10-15(14(11-13)18(27)28)32-33(29,30)21(22,23)24/h9-11,16H,12H2,1-8H3,(H,25,26)(H,27,28)/t16-/m1/s1. The zero-order valence-electron chi connectivity index (χ0n) is 20.5. The molecule has 0 saturated heterocycles. The summed E-state index contributed by atoms with van der Waals surface area (Å²) in [5.41, 5.74) is -7.30. The van der Waals surface area contributed by atoms with Crippen LogP contribution in [0.2, 0.25) is 18.1 Å². The van der Waals surface area contributed by atoms with Crippen molar-refractivity contribution < 1.29 is 44.9 Å². The maximum absolute atomic E-state index is 12.9. The minimum atomic E-state index is -6.09. The number of carboxylic acid groups (broad SMARTS) is 1. The number of benzene rings is 1. The Morgan fingerprint density at radius 2 is 1.62 bits per heavy atom. The molecule has 2 N–H and O–H groups in total. The Hall–Kier alpha value is -2.12. The van der Waals surface area contributed by atoms with Crippen molar-refractivity contribution >= 4 is 30.3 Å². The molecule has 1 aromatic carbocycles. The molecule has 0 aromatic heterocycles. The normalized spacial score (nSPS) is 14.4. The first-order valence-electron chi connectivity index (χ1n) is 10.3. The molecule has 13 heteroatoms. The molecule has 8 nitrogen and oxygen atoms in total. The second-order valence-corrected chi connectivity index (χ2v) is 16.8. The summed E-state index contributed by atoms with van der Waals surface area (Å²) in [6.45, 7) is 16.2. The van der Waals surface area contributed by atoms with Crippen LogP contribution >= 0.6 is 0 Å². The number of hydrogen-bond acceptors (Lipinski definition) is 6. The minimum Gasteiger partial charge on any atom is -0.478 e. The van der Waals surface area contributed by atoms with E-state index >= 15 is 0 Å². The Kier molecular flexibility index (Phi) is 8.67. The molecular formula is C21H32F3NO7SSi. The SMILES string of the molecule is CC(C)(C)[C@@H](CO[Si](C)(C)C(C)(C)C)NC(=O)c1ccc(OS(=O)(=O)C(F)(F)F)c(C(=O)O)c1. The first-order chi connectivity index (χ1) is 15.0. The lowest BCUT2D eigenvalue weighted by Crippen LogP contribution is -2.51. The summed E-state index contributed by atoms with van der Waals surface area (Å²) in [6, 6.07) is 1.95. The number of carboxylic acids is 1. The van der Waals surface area contributed by atoms with Gasteiger partial charge < -0.3 is 19.0 Å². The van der Waals surface area contributed by atoms with Crippen LogP contribution in [0.1, 0.15) is 62.3 Å². The molecule has 0 aliphatic carbocycles. The van der Waals surface area contributed by atoms with Crippen molar-refractivity contribution in [3.8, 4) is 5.75 Å². The predicted molar refractivity (Wildman–Crippen MR) is 123 cm³/mol. The number of alkyl halides is 3. The van der Waals surface area contributed by atoms with E-state index in [-0.39, 0.29) is 17.2 Å². The van der Waals surface area contributed by atoms with Crippen molar-refractivity contribution in [1.29, 1.82) is 0 Å². The van der Waals surface area contributed by atoms with Gasteiger partial charge in [0.1, 0.15) is 5.56 Å². The van der Waals surface area contributed by atoms with E-state index < -0.39 is 58.6 Å². The smallest absolute Gasteiger partial charge is 0.478 e. The van der Waals surface area contributed by atoms with E-state index in [4.69, 9.17) is 4.43 Å². The number of carbonyl (C=O) groups excluding carboxylic acids is 1. The molecule has 1 rings (SSSR count). The lowest BCUT2D eigenvalue weighted by atomic mass is 9.87. The molecule has 1 amide bonds. The van der Waals surface area contributed by atoms with Gasteiger partial charge in [-0.05, 0) is 41.7 Å². The molecule has 0 saturated carbocycles. The van der Waals surface area contributed by atoms with Gasteiger partial charge in [0.25, 0.3) is 5.91 Å². The fraction of sp³-hybridized carbons (Fsp3) is 0.619. The van der Waals surface area contributed by atoms with Gasteiger partial charge in [-0.2, -0.15) is 21.6 Å². The highest BCUT2D eigenvalue weighted by Gasteiger charge is 2.49. The van der Waals surface area contributed by atoms with Crippen LogP contribution < -0.4 is 9.50 Å². The maximum atomic E-state index is 12.9. The number of hydrogen-bond donors (Lipinski definition) is 2. The lowest BCUT2D eigenvalue weighted by molar-refractivity contribution is -0.0500. The number of nitrogens with one attached hydrogen (secondary N) is 1. The van der Waals surface area contributed by atoms with Gasteiger partial charge in [-0.3, -0.25) is 4.79 Å². The van der Waals surface area contributed by atoms with Gasteiger partial charge in [-0.1, -0.05) is 41.5 Å². The highest BCUT2D eigenvalue weighted by molar-refractivity contribution is 7.88. The summed E-state index contributed by atoms with van der Waals surface area (Å²) in [6.07, 6.45) is 0. The topological polar surface area (TPSA) is 119 Å². The van der Waals surface area contributed by atoms with Gasteiger partial charge in [-0.25, -0.2) is 4.79 Å². The Bertz CT molecular complexity index is 1030. The van der Waals surface area contributed by atoms with Crippen molar-refractivity contribution in [2.45, 2.75) is 71.2 Å². The van der Waals surface area contributed by atoms with Crippen molar-refractivity contribution in [2.24, 2.45) is 5.41 Å². The number of halogens is 3. The summed E-state index contributed by atoms with van der Waals surface area (Å²) >= 11 is 0. The quantitative estimate of drug-likeness (QED) is 0.284. The molecule has 1 aromatic rings. The Labute approximate surface area is 199 Å². The van der Waals surface area contributed by atoms with Crippen LogP contribution in [-0.2, 0) is 14.5 Å². The van der Waals surface area contributed by atoms with Gasteiger partial charge in [0.05, 0.1) is 12.6 Å². The van der Waals surface area contributed by atoms with Crippen LogP contribution in [0.15, 0.2) is 18.2 Å². The minimum absolute atomic E-state index is 0.0670. The highest BCUT2D eigenvalue weighted by Crippen LogP contribution is 2.37. The largest absolute Gasteiger partial charge is 0.534 e. The van der Waals surface area contributed by atoms with E-state index in [9.17, 15) is 36.3 Å². The average Bonchev–Trinajstić information content (AvgIpc) is 2.61. The van der Waals surface area contributed by atoms with Gasteiger partial charge in [0.2, 0.25) is 0 Å². The average molecular weight is 528 g/mol. The molecule has 0 bridgehead atoms. The fourth-order valence-electron chi connectivity index (χ4n) is 2.33. The first kappa shape index (κ1) is 29.9. The lowest BCUT2D eigenvalue weighted by Gasteiger charge is -2.39. The van der Waals surface area contributed by atoms with Gasteiger partial charge >= 0.3 is 21.6 Å². The Balaban J connectivity index is 3.22. The van der Waals surface area contributed by atoms with E-state index in [1.165, 1.54) is 0 Å². The Morgan fingerprint density at radius 3 is 2.03 bits per heavy atom. The van der Waals surface area contributed by atoms with Crippen LogP contribution in [0, 0.1) is 5.41 Å². The fourth-order valence-corrected chi connectivity index (χ4v) is 3.83. The molecular weight excluding hydrogens is 495 g/mol. The molecule has 1 atom stereocenters. The van der Waals surface area contributed by atoms with Crippen LogP contribution in [0.5, 0.6) is 5.75 Å².